The monoisotopic (exact) mass is 414 g/mol. The van der Waals surface area contributed by atoms with Crippen molar-refractivity contribution in [2.45, 2.75) is 19.5 Å². The third kappa shape index (κ3) is 4.48. The Hall–Kier alpha value is -2.39. The Morgan fingerprint density at radius 2 is 2.00 bits per heavy atom. The Kier molecular flexibility index (Phi) is 5.52. The molecule has 0 aliphatic rings. The maximum atomic E-state index is 13.6. The molecule has 0 saturated carbocycles. The summed E-state index contributed by atoms with van der Waals surface area (Å²) in [5, 5.41) is 9.37. The summed E-state index contributed by atoms with van der Waals surface area (Å²) in [4.78, 5) is 16.6. The number of nitrogens with one attached hydrogen (secondary N) is 1. The lowest BCUT2D eigenvalue weighted by atomic mass is 10.2. The highest BCUT2D eigenvalue weighted by molar-refractivity contribution is 7.09. The van der Waals surface area contributed by atoms with Gasteiger partial charge in [-0.3, -0.25) is 4.79 Å². The smallest absolute Gasteiger partial charge is 0.352 e. The van der Waals surface area contributed by atoms with Crippen molar-refractivity contribution in [3.63, 3.8) is 0 Å². The summed E-state index contributed by atoms with van der Waals surface area (Å²) < 4.78 is 41.4. The minimum absolute atomic E-state index is 0.156. The average Bonchev–Trinajstić information content (AvgIpc) is 3.21. The van der Waals surface area contributed by atoms with Gasteiger partial charge in [-0.05, 0) is 31.2 Å². The van der Waals surface area contributed by atoms with Gasteiger partial charge in [-0.1, -0.05) is 11.6 Å². The molecule has 1 amide bonds. The lowest BCUT2D eigenvalue weighted by molar-refractivity contribution is -0.143. The summed E-state index contributed by atoms with van der Waals surface area (Å²) >= 11 is 7.25. The van der Waals surface area contributed by atoms with Gasteiger partial charge in [0.15, 0.2) is 5.69 Å². The van der Waals surface area contributed by atoms with Crippen LogP contribution in [0, 0.1) is 6.92 Å². The van der Waals surface area contributed by atoms with Crippen LogP contribution in [0.2, 0.25) is 5.02 Å². The number of alkyl halides is 3. The fourth-order valence-electron chi connectivity index (χ4n) is 2.49. The first-order valence-electron chi connectivity index (χ1n) is 7.86. The Labute approximate surface area is 161 Å². The summed E-state index contributed by atoms with van der Waals surface area (Å²) in [6, 6.07) is 5.70. The van der Waals surface area contributed by atoms with Crippen LogP contribution in [-0.2, 0) is 12.6 Å². The van der Waals surface area contributed by atoms with Gasteiger partial charge in [0.05, 0.1) is 28.1 Å². The highest BCUT2D eigenvalue weighted by atomic mass is 35.5. The summed E-state index contributed by atoms with van der Waals surface area (Å²) in [5.41, 5.74) is -0.729. The number of carbonyl (C=O) groups is 1. The molecule has 0 bridgehead atoms. The van der Waals surface area contributed by atoms with Gasteiger partial charge in [0.25, 0.3) is 5.91 Å². The van der Waals surface area contributed by atoms with Crippen molar-refractivity contribution in [2.75, 3.05) is 6.54 Å². The molecule has 142 valence electrons. The second-order valence-corrected chi connectivity index (χ2v) is 7.16. The maximum Gasteiger partial charge on any atom is 0.434 e. The van der Waals surface area contributed by atoms with Gasteiger partial charge in [-0.15, -0.1) is 11.3 Å². The minimum atomic E-state index is -4.76. The van der Waals surface area contributed by atoms with Crippen LogP contribution in [0.5, 0.6) is 0 Å². The molecule has 2 aromatic heterocycles. The maximum absolute atomic E-state index is 13.6. The molecule has 0 spiro atoms. The van der Waals surface area contributed by atoms with Gasteiger partial charge in [-0.25, -0.2) is 9.67 Å². The predicted octanol–water partition coefficient (Wildman–Crippen LogP) is 4.28. The topological polar surface area (TPSA) is 59.8 Å². The molecule has 0 atom stereocenters. The molecule has 10 heteroatoms. The Bertz CT molecular complexity index is 950. The van der Waals surface area contributed by atoms with E-state index in [9.17, 15) is 18.0 Å². The number of aryl methyl sites for hydroxylation is 1. The molecule has 2 heterocycles. The molecule has 5 nitrogen and oxygen atoms in total. The van der Waals surface area contributed by atoms with E-state index in [1.54, 1.807) is 0 Å². The highest BCUT2D eigenvalue weighted by Gasteiger charge is 2.40. The van der Waals surface area contributed by atoms with Gasteiger partial charge in [-0.2, -0.15) is 18.3 Å². The van der Waals surface area contributed by atoms with Crippen molar-refractivity contribution >= 4 is 28.8 Å². The number of aromatic nitrogens is 3. The molecule has 1 N–H and O–H groups in total. The number of halogens is 4. The number of hydrogen-bond donors (Lipinski definition) is 1. The van der Waals surface area contributed by atoms with Crippen LogP contribution in [0.1, 0.15) is 26.8 Å². The Morgan fingerprint density at radius 1 is 1.30 bits per heavy atom. The SMILES string of the molecule is Cc1nc(CCNC(=O)c2cnn(-c3ccc(Cl)cc3)c2C(F)(F)F)cs1. The van der Waals surface area contributed by atoms with Crippen LogP contribution in [0.3, 0.4) is 0 Å². The molecular formula is C17H14ClF3N4OS. The molecule has 0 aliphatic carbocycles. The number of benzene rings is 1. The first-order chi connectivity index (χ1) is 12.8. The molecule has 27 heavy (non-hydrogen) atoms. The van der Waals surface area contributed by atoms with E-state index in [1.807, 2.05) is 12.3 Å². The number of carbonyl (C=O) groups excluding carboxylic acids is 1. The fourth-order valence-corrected chi connectivity index (χ4v) is 3.26. The van der Waals surface area contributed by atoms with Crippen molar-refractivity contribution in [2.24, 2.45) is 0 Å². The molecule has 0 radical (unpaired) electrons. The van der Waals surface area contributed by atoms with E-state index in [0.717, 1.165) is 16.9 Å². The third-order valence-electron chi connectivity index (χ3n) is 3.69. The fraction of sp³-hybridized carbons (Fsp3) is 0.235. The molecule has 3 aromatic rings. The molecule has 0 unspecified atom stereocenters. The number of nitrogens with zero attached hydrogens (tertiary/aromatic N) is 3. The van der Waals surface area contributed by atoms with Crippen LogP contribution < -0.4 is 5.32 Å². The van der Waals surface area contributed by atoms with Gasteiger partial charge in [0.2, 0.25) is 0 Å². The zero-order valence-corrected chi connectivity index (χ0v) is 15.6. The molecule has 0 aliphatic heterocycles. The molecule has 3 rings (SSSR count). The van der Waals surface area contributed by atoms with Crippen molar-refractivity contribution in [3.05, 3.63) is 62.8 Å². The largest absolute Gasteiger partial charge is 0.434 e. The zero-order chi connectivity index (χ0) is 19.6. The summed E-state index contributed by atoms with van der Waals surface area (Å²) in [5.74, 6) is -0.838. The van der Waals surface area contributed by atoms with Crippen LogP contribution >= 0.6 is 22.9 Å². The van der Waals surface area contributed by atoms with E-state index in [0.29, 0.717) is 16.1 Å². The third-order valence-corrected chi connectivity index (χ3v) is 4.76. The standard InChI is InChI=1S/C17H14ClF3N4OS/c1-10-24-12(9-27-10)6-7-22-16(26)14-8-23-25(15(14)17(19,20)21)13-4-2-11(18)3-5-13/h2-5,8-9H,6-7H2,1H3,(H,22,26). The number of hydrogen-bond acceptors (Lipinski definition) is 4. The highest BCUT2D eigenvalue weighted by Crippen LogP contribution is 2.33. The number of amides is 1. The van der Waals surface area contributed by atoms with E-state index in [-0.39, 0.29) is 12.2 Å². The van der Waals surface area contributed by atoms with Crippen LogP contribution in [0.25, 0.3) is 5.69 Å². The van der Waals surface area contributed by atoms with E-state index in [4.69, 9.17) is 11.6 Å². The summed E-state index contributed by atoms with van der Waals surface area (Å²) in [6.45, 7) is 2.03. The predicted molar refractivity (Wildman–Crippen MR) is 96.5 cm³/mol. The van der Waals surface area contributed by atoms with Gasteiger partial charge >= 0.3 is 6.18 Å². The van der Waals surface area contributed by atoms with Crippen molar-refractivity contribution in [1.82, 2.24) is 20.1 Å². The molecule has 1 aromatic carbocycles. The normalized spacial score (nSPS) is 11.6. The summed E-state index contributed by atoms with van der Waals surface area (Å²) in [7, 11) is 0. The van der Waals surface area contributed by atoms with E-state index < -0.39 is 23.3 Å². The molecule has 0 saturated heterocycles. The van der Waals surface area contributed by atoms with E-state index in [1.165, 1.54) is 35.6 Å². The Morgan fingerprint density at radius 3 is 2.59 bits per heavy atom. The zero-order valence-electron chi connectivity index (χ0n) is 14.0. The van der Waals surface area contributed by atoms with Gasteiger partial charge < -0.3 is 5.32 Å². The van der Waals surface area contributed by atoms with Crippen molar-refractivity contribution in [1.29, 1.82) is 0 Å². The lowest BCUT2D eigenvalue weighted by Crippen LogP contribution is -2.28. The second-order valence-electron chi connectivity index (χ2n) is 5.66. The van der Waals surface area contributed by atoms with Gasteiger partial charge in [0, 0.05) is 23.4 Å². The first-order valence-corrected chi connectivity index (χ1v) is 9.12. The van der Waals surface area contributed by atoms with Gasteiger partial charge in [0.1, 0.15) is 0 Å². The number of rotatable bonds is 5. The lowest BCUT2D eigenvalue weighted by Gasteiger charge is -2.13. The quantitative estimate of drug-likeness (QED) is 0.677. The molecule has 0 fully saturated rings. The van der Waals surface area contributed by atoms with Crippen LogP contribution in [-0.4, -0.2) is 27.2 Å². The minimum Gasteiger partial charge on any atom is -0.352 e. The average molecular weight is 415 g/mol. The first kappa shape index (κ1) is 19.4. The second kappa shape index (κ2) is 7.69. The van der Waals surface area contributed by atoms with Crippen molar-refractivity contribution in [3.8, 4) is 5.69 Å². The van der Waals surface area contributed by atoms with Crippen LogP contribution in [0.15, 0.2) is 35.8 Å². The van der Waals surface area contributed by atoms with E-state index >= 15 is 0 Å². The van der Waals surface area contributed by atoms with E-state index in [2.05, 4.69) is 15.4 Å². The summed E-state index contributed by atoms with van der Waals surface area (Å²) in [6.07, 6.45) is -3.41. The van der Waals surface area contributed by atoms with Crippen LogP contribution in [0.4, 0.5) is 13.2 Å². The Balaban J connectivity index is 1.82. The van der Waals surface area contributed by atoms with Crippen molar-refractivity contribution < 1.29 is 18.0 Å². The molecular weight excluding hydrogens is 401 g/mol. The number of thiazole rings is 1.